The molecule has 0 atom stereocenters. The first-order valence-corrected chi connectivity index (χ1v) is 6.33. The number of piperidine rings is 1. The first kappa shape index (κ1) is 10.5. The standard InChI is InChI=1S/C12H19NO3/c14-11(9-10-1-2-10)13-5-3-12(4-6-13)15-7-8-16-12/h10H,1-9H2. The molecule has 0 aromatic rings. The Bertz CT molecular complexity index is 272. The summed E-state index contributed by atoms with van der Waals surface area (Å²) in [6.07, 6.45) is 4.92. The van der Waals surface area contributed by atoms with Crippen molar-refractivity contribution < 1.29 is 14.3 Å². The lowest BCUT2D eigenvalue weighted by Crippen LogP contribution is -2.47. The second-order valence-corrected chi connectivity index (χ2v) is 5.14. The fraction of sp³-hybridized carbons (Fsp3) is 0.917. The summed E-state index contributed by atoms with van der Waals surface area (Å²) in [6.45, 7) is 3.00. The summed E-state index contributed by atoms with van der Waals surface area (Å²) in [5, 5.41) is 0. The van der Waals surface area contributed by atoms with E-state index in [1.54, 1.807) is 0 Å². The van der Waals surface area contributed by atoms with E-state index in [0.29, 0.717) is 25.0 Å². The van der Waals surface area contributed by atoms with Gasteiger partial charge in [-0.15, -0.1) is 0 Å². The highest BCUT2D eigenvalue weighted by molar-refractivity contribution is 5.76. The molecule has 3 aliphatic rings. The normalized spacial score (nSPS) is 28.6. The quantitative estimate of drug-likeness (QED) is 0.707. The van der Waals surface area contributed by atoms with Gasteiger partial charge < -0.3 is 14.4 Å². The fourth-order valence-corrected chi connectivity index (χ4v) is 2.58. The lowest BCUT2D eigenvalue weighted by molar-refractivity contribution is -0.187. The van der Waals surface area contributed by atoms with Gasteiger partial charge in [0.2, 0.25) is 5.91 Å². The van der Waals surface area contributed by atoms with Crippen molar-refractivity contribution in [2.75, 3.05) is 26.3 Å². The van der Waals surface area contributed by atoms with E-state index in [2.05, 4.69) is 0 Å². The van der Waals surface area contributed by atoms with Crippen LogP contribution in [0.1, 0.15) is 32.1 Å². The summed E-state index contributed by atoms with van der Waals surface area (Å²) in [5.74, 6) is 0.661. The highest BCUT2D eigenvalue weighted by Gasteiger charge is 2.41. The third-order valence-corrected chi connectivity index (χ3v) is 3.85. The maximum Gasteiger partial charge on any atom is 0.222 e. The van der Waals surface area contributed by atoms with Gasteiger partial charge in [0.05, 0.1) is 13.2 Å². The van der Waals surface area contributed by atoms with Crippen molar-refractivity contribution in [3.8, 4) is 0 Å². The summed E-state index contributed by atoms with van der Waals surface area (Å²) < 4.78 is 11.3. The molecule has 2 aliphatic heterocycles. The molecule has 0 unspecified atom stereocenters. The van der Waals surface area contributed by atoms with Gasteiger partial charge in [0.1, 0.15) is 0 Å². The molecule has 0 aromatic heterocycles. The Kier molecular flexibility index (Phi) is 2.64. The summed E-state index contributed by atoms with van der Waals surface area (Å²) in [6, 6.07) is 0. The van der Waals surface area contributed by atoms with Gasteiger partial charge in [-0.05, 0) is 18.8 Å². The lowest BCUT2D eigenvalue weighted by atomic mass is 10.0. The Morgan fingerprint density at radius 3 is 2.38 bits per heavy atom. The molecule has 2 heterocycles. The van der Waals surface area contributed by atoms with Crippen LogP contribution in [0.3, 0.4) is 0 Å². The SMILES string of the molecule is O=C(CC1CC1)N1CCC2(CC1)OCCO2. The van der Waals surface area contributed by atoms with Crippen molar-refractivity contribution in [3.63, 3.8) is 0 Å². The molecule has 1 spiro atoms. The average molecular weight is 225 g/mol. The zero-order valence-electron chi connectivity index (χ0n) is 9.61. The molecule has 4 nitrogen and oxygen atoms in total. The van der Waals surface area contributed by atoms with E-state index in [9.17, 15) is 4.79 Å². The largest absolute Gasteiger partial charge is 0.347 e. The number of hydrogen-bond donors (Lipinski definition) is 0. The zero-order valence-corrected chi connectivity index (χ0v) is 9.61. The molecule has 3 fully saturated rings. The molecule has 0 radical (unpaired) electrons. The van der Waals surface area contributed by atoms with Crippen LogP contribution in [0.25, 0.3) is 0 Å². The number of rotatable bonds is 2. The summed E-state index contributed by atoms with van der Waals surface area (Å²) in [4.78, 5) is 13.9. The van der Waals surface area contributed by atoms with Crippen molar-refractivity contribution >= 4 is 5.91 Å². The molecule has 0 bridgehead atoms. The first-order chi connectivity index (χ1) is 7.77. The lowest BCUT2D eigenvalue weighted by Gasteiger charge is -2.37. The van der Waals surface area contributed by atoms with E-state index >= 15 is 0 Å². The molecule has 0 aromatic carbocycles. The molecular formula is C12H19NO3. The van der Waals surface area contributed by atoms with Crippen molar-refractivity contribution in [2.24, 2.45) is 5.92 Å². The van der Waals surface area contributed by atoms with Gasteiger partial charge in [-0.25, -0.2) is 0 Å². The Morgan fingerprint density at radius 2 is 1.81 bits per heavy atom. The highest BCUT2D eigenvalue weighted by atomic mass is 16.7. The van der Waals surface area contributed by atoms with Gasteiger partial charge in [-0.2, -0.15) is 0 Å². The van der Waals surface area contributed by atoms with Crippen LogP contribution in [0.15, 0.2) is 0 Å². The smallest absolute Gasteiger partial charge is 0.222 e. The van der Waals surface area contributed by atoms with Gasteiger partial charge in [0, 0.05) is 32.4 Å². The Hall–Kier alpha value is -0.610. The minimum Gasteiger partial charge on any atom is -0.347 e. The van der Waals surface area contributed by atoms with Crippen molar-refractivity contribution in [2.45, 2.75) is 37.9 Å². The molecular weight excluding hydrogens is 206 g/mol. The Balaban J connectivity index is 1.51. The predicted molar refractivity (Wildman–Crippen MR) is 57.8 cm³/mol. The third kappa shape index (κ3) is 2.09. The summed E-state index contributed by atoms with van der Waals surface area (Å²) in [5.41, 5.74) is 0. The summed E-state index contributed by atoms with van der Waals surface area (Å²) in [7, 11) is 0. The van der Waals surface area contributed by atoms with Crippen molar-refractivity contribution in [1.82, 2.24) is 4.90 Å². The van der Waals surface area contributed by atoms with Crippen LogP contribution in [0.4, 0.5) is 0 Å². The van der Waals surface area contributed by atoms with Gasteiger partial charge in [-0.3, -0.25) is 4.79 Å². The van der Waals surface area contributed by atoms with Crippen LogP contribution in [0, 0.1) is 5.92 Å². The maximum absolute atomic E-state index is 11.9. The number of ether oxygens (including phenoxy) is 2. The number of amides is 1. The van der Waals surface area contributed by atoms with Crippen molar-refractivity contribution in [1.29, 1.82) is 0 Å². The molecule has 2 saturated heterocycles. The molecule has 90 valence electrons. The van der Waals surface area contributed by atoms with Gasteiger partial charge in [-0.1, -0.05) is 0 Å². The van der Waals surface area contributed by atoms with Crippen molar-refractivity contribution in [3.05, 3.63) is 0 Å². The zero-order chi connectivity index (χ0) is 11.0. The third-order valence-electron chi connectivity index (χ3n) is 3.85. The molecule has 1 aliphatic carbocycles. The topological polar surface area (TPSA) is 38.8 Å². The molecule has 4 heteroatoms. The molecule has 3 rings (SSSR count). The van der Waals surface area contributed by atoms with E-state index in [1.807, 2.05) is 4.90 Å². The first-order valence-electron chi connectivity index (χ1n) is 6.33. The number of carbonyl (C=O) groups is 1. The highest BCUT2D eigenvalue weighted by Crippen LogP contribution is 2.35. The van der Waals surface area contributed by atoms with E-state index in [1.165, 1.54) is 12.8 Å². The van der Waals surface area contributed by atoms with Crippen LogP contribution in [-0.2, 0) is 14.3 Å². The van der Waals surface area contributed by atoms with Gasteiger partial charge in [0.15, 0.2) is 5.79 Å². The number of hydrogen-bond acceptors (Lipinski definition) is 3. The molecule has 1 saturated carbocycles. The predicted octanol–water partition coefficient (Wildman–Crippen LogP) is 1.15. The second kappa shape index (κ2) is 4.00. The van der Waals surface area contributed by atoms with Crippen LogP contribution < -0.4 is 0 Å². The van der Waals surface area contributed by atoms with Gasteiger partial charge in [0.25, 0.3) is 0 Å². The molecule has 0 N–H and O–H groups in total. The number of likely N-dealkylation sites (tertiary alicyclic amines) is 1. The maximum atomic E-state index is 11.9. The van der Waals surface area contributed by atoms with Crippen LogP contribution in [0.2, 0.25) is 0 Å². The number of nitrogens with zero attached hydrogens (tertiary/aromatic N) is 1. The molecule has 1 amide bonds. The minimum atomic E-state index is -0.351. The number of carbonyl (C=O) groups excluding carboxylic acids is 1. The van der Waals surface area contributed by atoms with E-state index in [-0.39, 0.29) is 5.79 Å². The monoisotopic (exact) mass is 225 g/mol. The van der Waals surface area contributed by atoms with Crippen LogP contribution >= 0.6 is 0 Å². The van der Waals surface area contributed by atoms with Gasteiger partial charge >= 0.3 is 0 Å². The Morgan fingerprint density at radius 1 is 1.19 bits per heavy atom. The second-order valence-electron chi connectivity index (χ2n) is 5.14. The molecule has 16 heavy (non-hydrogen) atoms. The van der Waals surface area contributed by atoms with E-state index < -0.39 is 0 Å². The van der Waals surface area contributed by atoms with Crippen LogP contribution in [-0.4, -0.2) is 42.9 Å². The average Bonchev–Trinajstić information content (AvgIpc) is 3.00. The van der Waals surface area contributed by atoms with Crippen LogP contribution in [0.5, 0.6) is 0 Å². The van der Waals surface area contributed by atoms with E-state index in [4.69, 9.17) is 9.47 Å². The van der Waals surface area contributed by atoms with E-state index in [0.717, 1.165) is 32.4 Å². The summed E-state index contributed by atoms with van der Waals surface area (Å²) >= 11 is 0. The Labute approximate surface area is 95.9 Å². The minimum absolute atomic E-state index is 0.329. The fourth-order valence-electron chi connectivity index (χ4n) is 2.58.